The fraction of sp³-hybridized carbons (Fsp3) is 0.727. The van der Waals surface area contributed by atoms with Gasteiger partial charge >= 0.3 is 0 Å². The Morgan fingerprint density at radius 3 is 2.84 bits per heavy atom. The maximum Gasteiger partial charge on any atom is 0.260 e. The summed E-state index contributed by atoms with van der Waals surface area (Å²) in [6.45, 7) is 5.14. The molecule has 0 radical (unpaired) electrons. The Morgan fingerprint density at radius 1 is 1.58 bits per heavy atom. The van der Waals surface area contributed by atoms with Crippen LogP contribution in [0.2, 0.25) is 0 Å². The summed E-state index contributed by atoms with van der Waals surface area (Å²) in [7, 11) is -1.91. The minimum atomic E-state index is -3.52. The molecule has 0 aliphatic rings. The first-order valence-corrected chi connectivity index (χ1v) is 8.98. The predicted molar refractivity (Wildman–Crippen MR) is 78.8 cm³/mol. The molecule has 1 atom stereocenters. The molecule has 1 aromatic rings. The average Bonchev–Trinajstić information content (AvgIpc) is 2.84. The van der Waals surface area contributed by atoms with E-state index in [1.54, 1.807) is 25.0 Å². The molecule has 1 rings (SSSR count). The summed E-state index contributed by atoms with van der Waals surface area (Å²) in [6, 6.07) is -0.0599. The minimum absolute atomic E-state index is 0.0599. The number of rotatable bonds is 8. The lowest BCUT2D eigenvalue weighted by Crippen LogP contribution is -2.37. The number of H-pyrrole nitrogens is 1. The number of nitrogens with one attached hydrogen (secondary N) is 2. The van der Waals surface area contributed by atoms with E-state index in [0.29, 0.717) is 12.1 Å². The third kappa shape index (κ3) is 3.95. The van der Waals surface area contributed by atoms with Gasteiger partial charge < -0.3 is 5.32 Å². The molecule has 2 N–H and O–H groups in total. The molecule has 6 nitrogen and oxygen atoms in total. The second-order valence-electron chi connectivity index (χ2n) is 4.33. The number of sulfonamides is 1. The van der Waals surface area contributed by atoms with Crippen LogP contribution in [0.1, 0.15) is 19.4 Å². The molecule has 0 aliphatic heterocycles. The normalized spacial score (nSPS) is 13.9. The smallest absolute Gasteiger partial charge is 0.260 e. The third-order valence-electron chi connectivity index (χ3n) is 2.91. The number of nitrogens with zero attached hydrogens (tertiary/aromatic N) is 2. The number of aromatic nitrogens is 2. The highest BCUT2D eigenvalue weighted by molar-refractivity contribution is 7.98. The number of thioether (sulfide) groups is 1. The average molecular weight is 306 g/mol. The van der Waals surface area contributed by atoms with Crippen molar-refractivity contribution in [1.82, 2.24) is 19.8 Å². The van der Waals surface area contributed by atoms with E-state index in [2.05, 4.69) is 15.5 Å². The van der Waals surface area contributed by atoms with E-state index < -0.39 is 10.0 Å². The molecule has 0 spiro atoms. The summed E-state index contributed by atoms with van der Waals surface area (Å²) in [5.41, 5.74) is 0.671. The highest BCUT2D eigenvalue weighted by atomic mass is 32.2. The standard InChI is InChI=1S/C11H22N4O2S2/c1-5-12-6-10-7-13-14-11(10)19(16,17)15(3)9(2)8-18-4/h7,9,12H,5-6,8H2,1-4H3,(H,13,14). The van der Waals surface area contributed by atoms with Crippen molar-refractivity contribution in [2.45, 2.75) is 31.5 Å². The van der Waals surface area contributed by atoms with Crippen LogP contribution in [0.15, 0.2) is 11.2 Å². The van der Waals surface area contributed by atoms with E-state index >= 15 is 0 Å². The van der Waals surface area contributed by atoms with Gasteiger partial charge in [-0.25, -0.2) is 8.42 Å². The van der Waals surface area contributed by atoms with Gasteiger partial charge in [-0.1, -0.05) is 6.92 Å². The van der Waals surface area contributed by atoms with Crippen LogP contribution < -0.4 is 5.32 Å². The summed E-state index contributed by atoms with van der Waals surface area (Å²) < 4.78 is 26.4. The van der Waals surface area contributed by atoms with Crippen molar-refractivity contribution in [1.29, 1.82) is 0 Å². The summed E-state index contributed by atoms with van der Waals surface area (Å²) in [6.07, 6.45) is 3.52. The largest absolute Gasteiger partial charge is 0.313 e. The van der Waals surface area contributed by atoms with E-state index in [9.17, 15) is 8.42 Å². The minimum Gasteiger partial charge on any atom is -0.313 e. The Hall–Kier alpha value is -0.570. The molecule has 0 aromatic carbocycles. The van der Waals surface area contributed by atoms with Crippen LogP contribution in [-0.4, -0.2) is 54.6 Å². The molecule has 0 saturated heterocycles. The summed E-state index contributed by atoms with van der Waals surface area (Å²) >= 11 is 1.63. The molecule has 0 fully saturated rings. The molecule has 110 valence electrons. The van der Waals surface area contributed by atoms with Crippen LogP contribution in [0.25, 0.3) is 0 Å². The van der Waals surface area contributed by atoms with Crippen molar-refractivity contribution in [3.05, 3.63) is 11.8 Å². The van der Waals surface area contributed by atoms with Crippen molar-refractivity contribution in [3.8, 4) is 0 Å². The van der Waals surface area contributed by atoms with Crippen LogP contribution in [0.5, 0.6) is 0 Å². The van der Waals surface area contributed by atoms with Gasteiger partial charge in [0.1, 0.15) is 0 Å². The van der Waals surface area contributed by atoms with Crippen LogP contribution in [0, 0.1) is 0 Å². The van der Waals surface area contributed by atoms with E-state index in [0.717, 1.165) is 12.3 Å². The van der Waals surface area contributed by atoms with E-state index in [-0.39, 0.29) is 11.1 Å². The van der Waals surface area contributed by atoms with E-state index in [4.69, 9.17) is 0 Å². The Kier molecular flexibility index (Phi) is 6.31. The second-order valence-corrected chi connectivity index (χ2v) is 7.18. The zero-order valence-electron chi connectivity index (χ0n) is 11.8. The zero-order chi connectivity index (χ0) is 14.5. The van der Waals surface area contributed by atoms with Crippen molar-refractivity contribution in [2.24, 2.45) is 0 Å². The summed E-state index contributed by atoms with van der Waals surface area (Å²) in [5.74, 6) is 0.756. The quantitative estimate of drug-likeness (QED) is 0.746. The molecule has 1 unspecified atom stereocenters. The molecule has 0 saturated carbocycles. The van der Waals surface area contributed by atoms with Gasteiger partial charge in [0.05, 0.1) is 6.20 Å². The molecule has 1 heterocycles. The van der Waals surface area contributed by atoms with Gasteiger partial charge in [-0.2, -0.15) is 21.2 Å². The lowest BCUT2D eigenvalue weighted by molar-refractivity contribution is 0.412. The van der Waals surface area contributed by atoms with Crippen LogP contribution in [-0.2, 0) is 16.6 Å². The summed E-state index contributed by atoms with van der Waals surface area (Å²) in [4.78, 5) is 0. The molecular formula is C11H22N4O2S2. The van der Waals surface area contributed by atoms with Crippen molar-refractivity contribution in [2.75, 3.05) is 25.6 Å². The Bertz CT molecular complexity index is 487. The number of aromatic amines is 1. The van der Waals surface area contributed by atoms with Crippen LogP contribution >= 0.6 is 11.8 Å². The highest BCUT2D eigenvalue weighted by Crippen LogP contribution is 2.19. The second kappa shape index (κ2) is 7.28. The van der Waals surface area contributed by atoms with Gasteiger partial charge in [0.25, 0.3) is 10.0 Å². The lowest BCUT2D eigenvalue weighted by atomic mass is 10.3. The van der Waals surface area contributed by atoms with Crippen molar-refractivity contribution >= 4 is 21.8 Å². The zero-order valence-corrected chi connectivity index (χ0v) is 13.4. The lowest BCUT2D eigenvalue weighted by Gasteiger charge is -2.23. The summed E-state index contributed by atoms with van der Waals surface area (Å²) in [5, 5.41) is 9.75. The van der Waals surface area contributed by atoms with Gasteiger partial charge in [-0.3, -0.25) is 5.10 Å². The Balaban J connectivity index is 2.96. The van der Waals surface area contributed by atoms with Gasteiger partial charge in [-0.15, -0.1) is 0 Å². The van der Waals surface area contributed by atoms with E-state index in [1.165, 1.54) is 4.31 Å². The van der Waals surface area contributed by atoms with Crippen molar-refractivity contribution in [3.63, 3.8) is 0 Å². The first-order chi connectivity index (χ1) is 8.95. The molecule has 0 aliphatic carbocycles. The first kappa shape index (κ1) is 16.5. The Morgan fingerprint density at radius 2 is 2.26 bits per heavy atom. The van der Waals surface area contributed by atoms with Crippen LogP contribution in [0.3, 0.4) is 0 Å². The maximum atomic E-state index is 12.5. The molecule has 19 heavy (non-hydrogen) atoms. The number of hydrogen-bond donors (Lipinski definition) is 2. The first-order valence-electron chi connectivity index (χ1n) is 6.15. The molecule has 0 bridgehead atoms. The van der Waals surface area contributed by atoms with Gasteiger partial charge in [-0.05, 0) is 19.7 Å². The molecule has 0 amide bonds. The number of hydrogen-bond acceptors (Lipinski definition) is 5. The topological polar surface area (TPSA) is 78.1 Å². The fourth-order valence-corrected chi connectivity index (χ4v) is 3.90. The highest BCUT2D eigenvalue weighted by Gasteiger charge is 2.28. The SMILES string of the molecule is CCNCc1cn[nH]c1S(=O)(=O)N(C)C(C)CSC. The van der Waals surface area contributed by atoms with Crippen molar-refractivity contribution < 1.29 is 8.42 Å². The molecule has 1 aromatic heterocycles. The molecular weight excluding hydrogens is 284 g/mol. The van der Waals surface area contributed by atoms with Crippen LogP contribution in [0.4, 0.5) is 0 Å². The molecule has 8 heteroatoms. The third-order valence-corrected chi connectivity index (χ3v) is 5.71. The Labute approximate surface area is 119 Å². The van der Waals surface area contributed by atoms with Gasteiger partial charge in [0.2, 0.25) is 0 Å². The maximum absolute atomic E-state index is 12.5. The fourth-order valence-electron chi connectivity index (χ4n) is 1.64. The van der Waals surface area contributed by atoms with E-state index in [1.807, 2.05) is 20.1 Å². The monoisotopic (exact) mass is 306 g/mol. The predicted octanol–water partition coefficient (Wildman–Crippen LogP) is 0.891. The van der Waals surface area contributed by atoms with Gasteiger partial charge in [0, 0.05) is 31.0 Å². The van der Waals surface area contributed by atoms with Gasteiger partial charge in [0.15, 0.2) is 5.03 Å².